The topological polar surface area (TPSA) is 120 Å². The Morgan fingerprint density at radius 2 is 2.00 bits per heavy atom. The number of rotatable bonds is 5. The Hall–Kier alpha value is -3.02. The van der Waals surface area contributed by atoms with E-state index in [2.05, 4.69) is 14.4 Å². The van der Waals surface area contributed by atoms with Gasteiger partial charge < -0.3 is 10.3 Å². The largest absolute Gasteiger partial charge is 0.417 e. The van der Waals surface area contributed by atoms with E-state index in [1.54, 1.807) is 19.2 Å². The average Bonchev–Trinajstić information content (AvgIpc) is 3.47. The molecule has 2 aliphatic carbocycles. The van der Waals surface area contributed by atoms with Gasteiger partial charge in [0.2, 0.25) is 5.91 Å². The highest BCUT2D eigenvalue weighted by Crippen LogP contribution is 2.54. The van der Waals surface area contributed by atoms with Crippen molar-refractivity contribution in [2.75, 3.05) is 5.75 Å². The molecule has 1 amide bonds. The van der Waals surface area contributed by atoms with Crippen molar-refractivity contribution in [2.24, 2.45) is 22.6 Å². The number of imidazole rings is 1. The quantitative estimate of drug-likeness (QED) is 0.725. The van der Waals surface area contributed by atoms with E-state index in [0.717, 1.165) is 12.3 Å². The first-order valence-electron chi connectivity index (χ1n) is 9.81. The molecule has 2 aromatic heterocycles. The van der Waals surface area contributed by atoms with Crippen LogP contribution in [0.2, 0.25) is 0 Å². The lowest BCUT2D eigenvalue weighted by Crippen LogP contribution is -2.29. The van der Waals surface area contributed by atoms with Gasteiger partial charge in [0.15, 0.2) is 5.65 Å². The summed E-state index contributed by atoms with van der Waals surface area (Å²) >= 11 is 0. The minimum atomic E-state index is -4.57. The first-order valence-corrected chi connectivity index (χ1v) is 11.4. The van der Waals surface area contributed by atoms with Gasteiger partial charge in [0.05, 0.1) is 22.4 Å². The highest BCUT2D eigenvalue weighted by Gasteiger charge is 2.52. The number of primary amides is 1. The second-order valence-electron chi connectivity index (χ2n) is 7.86. The molecule has 0 aliphatic heterocycles. The summed E-state index contributed by atoms with van der Waals surface area (Å²) in [7, 11) is -2.22. The van der Waals surface area contributed by atoms with E-state index in [9.17, 15) is 26.4 Å². The zero-order chi connectivity index (χ0) is 23.5. The third-order valence-electron chi connectivity index (χ3n) is 5.85. The molecule has 2 aliphatic rings. The summed E-state index contributed by atoms with van der Waals surface area (Å²) in [6.07, 6.45) is 0.634. The number of halogens is 3. The van der Waals surface area contributed by atoms with Crippen LogP contribution >= 0.6 is 0 Å². The Morgan fingerprint density at radius 3 is 2.56 bits per heavy atom. The molecule has 32 heavy (non-hydrogen) atoms. The van der Waals surface area contributed by atoms with Crippen LogP contribution in [0.1, 0.15) is 37.6 Å². The predicted octanol–water partition coefficient (Wildman–Crippen LogP) is 2.76. The van der Waals surface area contributed by atoms with Crippen molar-refractivity contribution in [1.82, 2.24) is 14.5 Å². The molecule has 0 saturated heterocycles. The Morgan fingerprint density at radius 1 is 1.31 bits per heavy atom. The Bertz CT molecular complexity index is 1330. The molecule has 12 heteroatoms. The van der Waals surface area contributed by atoms with E-state index in [1.807, 2.05) is 0 Å². The molecule has 0 aromatic carbocycles. The fraction of sp³-hybridized carbons (Fsp3) is 0.400. The average molecular weight is 467 g/mol. The van der Waals surface area contributed by atoms with Crippen LogP contribution in [0.3, 0.4) is 0 Å². The highest BCUT2D eigenvalue weighted by molar-refractivity contribution is 7.90. The number of sulfonamides is 1. The van der Waals surface area contributed by atoms with Crippen molar-refractivity contribution in [1.29, 1.82) is 0 Å². The van der Waals surface area contributed by atoms with Gasteiger partial charge in [-0.3, -0.25) is 4.79 Å². The SMILES string of the molecule is CCS(=O)(=O)N=C1CC(C2(C(N)=O)CC2)=CC=C1c1nc2cc(C(F)(F)F)cnc2n1C. The van der Waals surface area contributed by atoms with Crippen molar-refractivity contribution in [2.45, 2.75) is 32.4 Å². The standard InChI is InChI=1S/C20H20F3N5O3S/c1-3-32(30,31)27-14-8-11(19(6-7-19)18(24)29)4-5-13(14)16-26-15-9-12(20(21,22)23)10-25-17(15)28(16)2/h4-5,9-10H,3,6-8H2,1-2H3,(H2,24,29). The van der Waals surface area contributed by atoms with Crippen LogP contribution in [0.15, 0.2) is 34.4 Å². The zero-order valence-corrected chi connectivity index (χ0v) is 18.1. The molecule has 1 saturated carbocycles. The number of nitrogens with two attached hydrogens (primary N) is 1. The van der Waals surface area contributed by atoms with E-state index >= 15 is 0 Å². The monoisotopic (exact) mass is 467 g/mol. The van der Waals surface area contributed by atoms with Gasteiger partial charge in [-0.05, 0) is 37.5 Å². The predicted molar refractivity (Wildman–Crippen MR) is 112 cm³/mol. The lowest BCUT2D eigenvalue weighted by Gasteiger charge is -2.22. The Kier molecular flexibility index (Phi) is 5.03. The molecule has 8 nitrogen and oxygen atoms in total. The number of carbonyl (C=O) groups excluding carboxylic acids is 1. The van der Waals surface area contributed by atoms with Gasteiger partial charge in [-0.1, -0.05) is 6.08 Å². The zero-order valence-electron chi connectivity index (χ0n) is 17.3. The smallest absolute Gasteiger partial charge is 0.369 e. The molecule has 4 rings (SSSR count). The minimum Gasteiger partial charge on any atom is -0.369 e. The highest BCUT2D eigenvalue weighted by atomic mass is 32.2. The fourth-order valence-electron chi connectivity index (χ4n) is 3.78. The molecule has 170 valence electrons. The third-order valence-corrected chi connectivity index (χ3v) is 7.08. The summed E-state index contributed by atoms with van der Waals surface area (Å²) in [6.45, 7) is 1.45. The third kappa shape index (κ3) is 3.72. The molecule has 0 unspecified atom stereocenters. The minimum absolute atomic E-state index is 0.0153. The van der Waals surface area contributed by atoms with Gasteiger partial charge in [0.1, 0.15) is 11.3 Å². The number of allylic oxidation sites excluding steroid dienone is 3. The number of aromatic nitrogens is 3. The lowest BCUT2D eigenvalue weighted by molar-refractivity contribution is -0.137. The molecule has 0 atom stereocenters. The number of amides is 1. The molecular weight excluding hydrogens is 447 g/mol. The molecule has 0 spiro atoms. The van der Waals surface area contributed by atoms with Crippen molar-refractivity contribution in [3.05, 3.63) is 41.4 Å². The lowest BCUT2D eigenvalue weighted by atomic mass is 9.85. The first kappa shape index (κ1) is 22.2. The maximum absolute atomic E-state index is 13.1. The van der Waals surface area contributed by atoms with Crippen molar-refractivity contribution < 1.29 is 26.4 Å². The number of hydrogen-bond acceptors (Lipinski definition) is 5. The van der Waals surface area contributed by atoms with Gasteiger partial charge in [-0.25, -0.2) is 18.4 Å². The van der Waals surface area contributed by atoms with E-state index in [1.165, 1.54) is 11.5 Å². The number of nitrogens with zero attached hydrogens (tertiary/aromatic N) is 4. The van der Waals surface area contributed by atoms with Gasteiger partial charge in [-0.15, -0.1) is 0 Å². The van der Waals surface area contributed by atoms with Gasteiger partial charge >= 0.3 is 6.18 Å². The van der Waals surface area contributed by atoms with E-state index in [-0.39, 0.29) is 34.9 Å². The van der Waals surface area contributed by atoms with Crippen LogP contribution in [0.5, 0.6) is 0 Å². The van der Waals surface area contributed by atoms with Crippen LogP contribution in [0, 0.1) is 5.41 Å². The number of pyridine rings is 1. The number of carbonyl (C=O) groups is 1. The Labute approximate surface area is 181 Å². The van der Waals surface area contributed by atoms with Gasteiger partial charge in [-0.2, -0.15) is 17.6 Å². The maximum atomic E-state index is 13.1. The van der Waals surface area contributed by atoms with Crippen LogP contribution in [-0.2, 0) is 28.0 Å². The van der Waals surface area contributed by atoms with E-state index in [4.69, 9.17) is 5.73 Å². The number of alkyl halides is 3. The number of fused-ring (bicyclic) bond motifs is 1. The van der Waals surface area contributed by atoms with Crippen molar-refractivity contribution in [3.8, 4) is 0 Å². The summed E-state index contributed by atoms with van der Waals surface area (Å²) in [5.41, 5.74) is 5.19. The molecule has 0 bridgehead atoms. The van der Waals surface area contributed by atoms with Crippen LogP contribution in [-0.4, -0.2) is 40.3 Å². The van der Waals surface area contributed by atoms with Crippen molar-refractivity contribution >= 4 is 38.4 Å². The Balaban J connectivity index is 1.88. The fourth-order valence-corrected chi connectivity index (χ4v) is 4.41. The van der Waals surface area contributed by atoms with Gasteiger partial charge in [0, 0.05) is 25.2 Å². The van der Waals surface area contributed by atoms with Crippen LogP contribution < -0.4 is 5.73 Å². The number of aryl methyl sites for hydroxylation is 1. The van der Waals surface area contributed by atoms with Gasteiger partial charge in [0.25, 0.3) is 10.0 Å². The molecule has 1 fully saturated rings. The van der Waals surface area contributed by atoms with E-state index < -0.39 is 33.1 Å². The van der Waals surface area contributed by atoms with E-state index in [0.29, 0.717) is 24.0 Å². The molecular formula is C20H20F3N5O3S. The second kappa shape index (κ2) is 7.26. The second-order valence-corrected chi connectivity index (χ2v) is 9.79. The summed E-state index contributed by atoms with van der Waals surface area (Å²) in [4.78, 5) is 20.1. The maximum Gasteiger partial charge on any atom is 0.417 e. The molecule has 2 heterocycles. The van der Waals surface area contributed by atoms with Crippen LogP contribution in [0.4, 0.5) is 13.2 Å². The van der Waals surface area contributed by atoms with Crippen molar-refractivity contribution in [3.63, 3.8) is 0 Å². The summed E-state index contributed by atoms with van der Waals surface area (Å²) < 4.78 is 69.2. The van der Waals surface area contributed by atoms with Crippen LogP contribution in [0.25, 0.3) is 16.7 Å². The molecule has 2 aromatic rings. The first-order chi connectivity index (χ1) is 14.9. The summed E-state index contributed by atoms with van der Waals surface area (Å²) in [5, 5.41) is 0. The normalized spacial score (nSPS) is 19.7. The summed E-state index contributed by atoms with van der Waals surface area (Å²) in [5.74, 6) is -0.496. The molecule has 0 radical (unpaired) electrons. The molecule has 2 N–H and O–H groups in total. The number of hydrogen-bond donors (Lipinski definition) is 1. The summed E-state index contributed by atoms with van der Waals surface area (Å²) in [6, 6.07) is 0.891.